The highest BCUT2D eigenvalue weighted by atomic mass is 16.3. The zero-order chi connectivity index (χ0) is 29.5. The highest BCUT2D eigenvalue weighted by Crippen LogP contribution is 2.45. The third-order valence-electron chi connectivity index (χ3n) is 9.65. The summed E-state index contributed by atoms with van der Waals surface area (Å²) < 4.78 is 6.72. The van der Waals surface area contributed by atoms with E-state index in [1.54, 1.807) is 0 Å². The van der Waals surface area contributed by atoms with Crippen molar-refractivity contribution in [1.82, 2.24) is 0 Å². The van der Waals surface area contributed by atoms with E-state index in [0.717, 1.165) is 11.2 Å². The minimum absolute atomic E-state index is 0.932. The molecule has 1 heteroatoms. The van der Waals surface area contributed by atoms with Gasteiger partial charge in [-0.05, 0) is 88.9 Å². The molecular weight excluding hydrogens is 544 g/mol. The topological polar surface area (TPSA) is 13.1 Å². The van der Waals surface area contributed by atoms with Gasteiger partial charge in [0.15, 0.2) is 0 Å². The Morgan fingerprint density at radius 1 is 0.311 bits per heavy atom. The molecule has 0 saturated carbocycles. The SMILES string of the molecule is c1ccc(-c2ccc(-c3ccc4c(c3)c3ccccc3c3c4ccc4c3oc3ccc5ccccc5c34)c3ccccc23)cc1. The van der Waals surface area contributed by atoms with E-state index in [2.05, 4.69) is 158 Å². The van der Waals surface area contributed by atoms with Crippen molar-refractivity contribution in [2.75, 3.05) is 0 Å². The van der Waals surface area contributed by atoms with E-state index in [-0.39, 0.29) is 0 Å². The summed E-state index contributed by atoms with van der Waals surface area (Å²) in [6.45, 7) is 0. The summed E-state index contributed by atoms with van der Waals surface area (Å²) in [5.41, 5.74) is 6.86. The van der Waals surface area contributed by atoms with Crippen LogP contribution in [0, 0.1) is 0 Å². The first-order valence-corrected chi connectivity index (χ1v) is 15.5. The van der Waals surface area contributed by atoms with Gasteiger partial charge in [0.05, 0.1) is 0 Å². The first-order chi connectivity index (χ1) is 22.3. The fourth-order valence-corrected chi connectivity index (χ4v) is 7.63. The highest BCUT2D eigenvalue weighted by Gasteiger charge is 2.18. The molecule has 0 radical (unpaired) electrons. The molecule has 0 atom stereocenters. The molecule has 208 valence electrons. The Morgan fingerprint density at radius 3 is 1.69 bits per heavy atom. The summed E-state index contributed by atoms with van der Waals surface area (Å²) in [6.07, 6.45) is 0. The van der Waals surface area contributed by atoms with Gasteiger partial charge in [0.2, 0.25) is 0 Å². The quantitative estimate of drug-likeness (QED) is 0.188. The molecule has 0 amide bonds. The molecule has 9 aromatic carbocycles. The van der Waals surface area contributed by atoms with Crippen LogP contribution in [0.2, 0.25) is 0 Å². The number of rotatable bonds is 2. The summed E-state index contributed by atoms with van der Waals surface area (Å²) in [5, 5.41) is 14.7. The lowest BCUT2D eigenvalue weighted by molar-refractivity contribution is 0.673. The van der Waals surface area contributed by atoms with Gasteiger partial charge in [0.25, 0.3) is 0 Å². The summed E-state index contributed by atoms with van der Waals surface area (Å²) in [7, 11) is 0. The van der Waals surface area contributed by atoms with Gasteiger partial charge in [-0.3, -0.25) is 0 Å². The second-order valence-electron chi connectivity index (χ2n) is 12.0. The number of hydrogen-bond acceptors (Lipinski definition) is 1. The maximum atomic E-state index is 6.72. The summed E-state index contributed by atoms with van der Waals surface area (Å²) in [6, 6.07) is 57.2. The van der Waals surface area contributed by atoms with E-state index >= 15 is 0 Å². The predicted molar refractivity (Wildman–Crippen MR) is 192 cm³/mol. The van der Waals surface area contributed by atoms with Crippen molar-refractivity contribution in [3.63, 3.8) is 0 Å². The molecule has 0 aliphatic rings. The first-order valence-electron chi connectivity index (χ1n) is 15.5. The normalized spacial score (nSPS) is 12.0. The van der Waals surface area contributed by atoms with Crippen molar-refractivity contribution in [3.05, 3.63) is 158 Å². The van der Waals surface area contributed by atoms with Gasteiger partial charge < -0.3 is 4.42 Å². The summed E-state index contributed by atoms with van der Waals surface area (Å²) >= 11 is 0. The number of furan rings is 1. The average Bonchev–Trinajstić information content (AvgIpc) is 3.51. The minimum atomic E-state index is 0.932. The lowest BCUT2D eigenvalue weighted by atomic mass is 9.88. The van der Waals surface area contributed by atoms with Crippen LogP contribution in [0.25, 0.3) is 98.1 Å². The molecule has 0 fully saturated rings. The van der Waals surface area contributed by atoms with Crippen LogP contribution in [0.3, 0.4) is 0 Å². The van der Waals surface area contributed by atoms with Crippen molar-refractivity contribution in [2.45, 2.75) is 0 Å². The van der Waals surface area contributed by atoms with Gasteiger partial charge in [-0.15, -0.1) is 0 Å². The van der Waals surface area contributed by atoms with E-state index in [1.807, 2.05) is 0 Å². The first kappa shape index (κ1) is 24.5. The summed E-state index contributed by atoms with van der Waals surface area (Å²) in [4.78, 5) is 0. The predicted octanol–water partition coefficient (Wildman–Crippen LogP) is 12.7. The van der Waals surface area contributed by atoms with Crippen LogP contribution in [0.1, 0.15) is 0 Å². The Labute approximate surface area is 259 Å². The zero-order valence-electron chi connectivity index (χ0n) is 24.4. The Hall–Kier alpha value is -5.92. The summed E-state index contributed by atoms with van der Waals surface area (Å²) in [5.74, 6) is 0. The molecular formula is C44H26O. The molecule has 45 heavy (non-hydrogen) atoms. The molecule has 0 saturated heterocycles. The molecule has 10 rings (SSSR count). The Balaban J connectivity index is 1.27. The molecule has 0 aliphatic heterocycles. The average molecular weight is 571 g/mol. The molecule has 1 aromatic heterocycles. The lowest BCUT2D eigenvalue weighted by Crippen LogP contribution is -1.88. The Bertz CT molecular complexity index is 2780. The number of fused-ring (bicyclic) bond motifs is 13. The van der Waals surface area contributed by atoms with Crippen molar-refractivity contribution in [3.8, 4) is 22.3 Å². The molecule has 1 nitrogen and oxygen atoms in total. The highest BCUT2D eigenvalue weighted by molar-refractivity contribution is 6.34. The van der Waals surface area contributed by atoms with Crippen molar-refractivity contribution >= 4 is 75.8 Å². The van der Waals surface area contributed by atoms with Crippen LogP contribution in [0.15, 0.2) is 162 Å². The fraction of sp³-hybridized carbons (Fsp3) is 0. The van der Waals surface area contributed by atoms with Crippen LogP contribution in [-0.4, -0.2) is 0 Å². The number of hydrogen-bond donors (Lipinski definition) is 0. The Morgan fingerprint density at radius 2 is 0.889 bits per heavy atom. The van der Waals surface area contributed by atoms with E-state index in [9.17, 15) is 0 Å². The van der Waals surface area contributed by atoms with Crippen molar-refractivity contribution in [1.29, 1.82) is 0 Å². The van der Waals surface area contributed by atoms with Crippen LogP contribution < -0.4 is 0 Å². The fourth-order valence-electron chi connectivity index (χ4n) is 7.63. The molecule has 0 spiro atoms. The molecule has 10 aromatic rings. The van der Waals surface area contributed by atoms with Gasteiger partial charge in [-0.1, -0.05) is 140 Å². The Kier molecular flexibility index (Phi) is 5.06. The van der Waals surface area contributed by atoms with Gasteiger partial charge in [-0.2, -0.15) is 0 Å². The smallest absolute Gasteiger partial charge is 0.143 e. The molecule has 1 heterocycles. The van der Waals surface area contributed by atoms with E-state index in [0.29, 0.717) is 0 Å². The van der Waals surface area contributed by atoms with Crippen molar-refractivity contribution in [2.24, 2.45) is 0 Å². The van der Waals surface area contributed by atoms with Crippen LogP contribution in [0.5, 0.6) is 0 Å². The second kappa shape index (κ2) is 9.29. The van der Waals surface area contributed by atoms with Crippen LogP contribution in [0.4, 0.5) is 0 Å². The zero-order valence-corrected chi connectivity index (χ0v) is 24.4. The lowest BCUT2D eigenvalue weighted by Gasteiger charge is -2.15. The van der Waals surface area contributed by atoms with Crippen LogP contribution in [-0.2, 0) is 0 Å². The maximum absolute atomic E-state index is 6.72. The van der Waals surface area contributed by atoms with E-state index in [4.69, 9.17) is 4.42 Å². The van der Waals surface area contributed by atoms with Gasteiger partial charge >= 0.3 is 0 Å². The standard InChI is InChI=1S/C44H26O/c1-2-10-27(11-3-1)30-21-22-31(34-15-7-6-14-33(30)34)29-18-20-36-38-23-24-39-42-32-13-5-4-12-28(32)19-25-41(42)45-44(39)43(38)37-17-9-8-16-35(37)40(36)26-29/h1-26H. The van der Waals surface area contributed by atoms with Gasteiger partial charge in [0.1, 0.15) is 11.2 Å². The molecule has 0 aliphatic carbocycles. The molecule has 0 unspecified atom stereocenters. The van der Waals surface area contributed by atoms with Gasteiger partial charge in [0, 0.05) is 16.2 Å². The van der Waals surface area contributed by atoms with Gasteiger partial charge in [-0.25, -0.2) is 0 Å². The van der Waals surface area contributed by atoms with Crippen LogP contribution >= 0.6 is 0 Å². The third-order valence-corrected chi connectivity index (χ3v) is 9.65. The number of benzene rings is 9. The third kappa shape index (κ3) is 3.50. The maximum Gasteiger partial charge on any atom is 0.143 e. The van der Waals surface area contributed by atoms with Crippen molar-refractivity contribution < 1.29 is 4.42 Å². The molecule has 0 N–H and O–H groups in total. The van der Waals surface area contributed by atoms with E-state index < -0.39 is 0 Å². The van der Waals surface area contributed by atoms with E-state index in [1.165, 1.54) is 86.9 Å². The second-order valence-corrected chi connectivity index (χ2v) is 12.0. The largest absolute Gasteiger partial charge is 0.455 e. The molecule has 0 bridgehead atoms. The monoisotopic (exact) mass is 570 g/mol. The minimum Gasteiger partial charge on any atom is -0.455 e.